The zero-order valence-electron chi connectivity index (χ0n) is 24.4. The average molecular weight is 539 g/mol. The Morgan fingerprint density at radius 2 is 1.41 bits per heavy atom. The minimum absolute atomic E-state index is 0.205. The van der Waals surface area contributed by atoms with Crippen LogP contribution in [0.5, 0.6) is 0 Å². The summed E-state index contributed by atoms with van der Waals surface area (Å²) in [4.78, 5) is 13.8. The molecule has 0 saturated carbocycles. The maximum Gasteiger partial charge on any atom is 0.410 e. The number of nitrogens with zero attached hydrogens (tertiary/aromatic N) is 1. The molecular formula is C33H50N2O4. The number of carbonyl (C=O) groups is 1. The van der Waals surface area contributed by atoms with Crippen LogP contribution in [0.15, 0.2) is 60.7 Å². The van der Waals surface area contributed by atoms with Gasteiger partial charge in [0.2, 0.25) is 0 Å². The average Bonchev–Trinajstić information content (AvgIpc) is 3.62. The van der Waals surface area contributed by atoms with Crippen molar-refractivity contribution in [3.8, 4) is 0 Å². The van der Waals surface area contributed by atoms with Gasteiger partial charge in [-0.15, -0.1) is 0 Å². The highest BCUT2D eigenvalue weighted by molar-refractivity contribution is 5.68. The fourth-order valence-electron chi connectivity index (χ4n) is 4.86. The molecule has 0 aliphatic carbocycles. The second kappa shape index (κ2) is 17.3. The fraction of sp³-hybridized carbons (Fsp3) is 0.606. The molecule has 2 aromatic rings. The number of ether oxygens (including phenoxy) is 3. The first kappa shape index (κ1) is 31.1. The van der Waals surface area contributed by atoms with Gasteiger partial charge in [0, 0.05) is 38.8 Å². The Morgan fingerprint density at radius 1 is 0.846 bits per heavy atom. The lowest BCUT2D eigenvalue weighted by molar-refractivity contribution is 0.0274. The van der Waals surface area contributed by atoms with Gasteiger partial charge in [-0.2, -0.15) is 0 Å². The topological polar surface area (TPSA) is 60.0 Å². The smallest absolute Gasteiger partial charge is 0.410 e. The summed E-state index contributed by atoms with van der Waals surface area (Å²) in [5.74, 6) is 1.18. The van der Waals surface area contributed by atoms with Crippen molar-refractivity contribution >= 4 is 6.09 Å². The van der Waals surface area contributed by atoms with Crippen LogP contribution >= 0.6 is 0 Å². The van der Waals surface area contributed by atoms with Gasteiger partial charge in [0.15, 0.2) is 0 Å². The standard InChI is InChI=1S/C19H29NO3.C14H21NO/c1-19(2,3)23-18(21)20-12-11-17(14-20)15-22-13-7-10-16-8-5-4-6-9-16;1-2-5-13(6-3-1)7-4-10-16-12-14-8-9-15-11-14/h4-6,8-9,17H,7,10-15H2,1-3H3;1-3,5-6,14-15H,4,7-12H2/t17-;14-/m11/s1. The molecule has 2 aromatic carbocycles. The molecule has 2 heterocycles. The second-order valence-corrected chi connectivity index (χ2v) is 11.8. The van der Waals surface area contributed by atoms with Crippen LogP contribution in [-0.2, 0) is 27.1 Å². The maximum atomic E-state index is 12.0. The van der Waals surface area contributed by atoms with E-state index in [1.165, 1.54) is 17.5 Å². The zero-order chi connectivity index (χ0) is 27.8. The highest BCUT2D eigenvalue weighted by atomic mass is 16.6. The number of rotatable bonds is 12. The monoisotopic (exact) mass is 538 g/mol. The Bertz CT molecular complexity index is 910. The third-order valence-corrected chi connectivity index (χ3v) is 7.00. The molecule has 0 radical (unpaired) electrons. The van der Waals surface area contributed by atoms with Gasteiger partial charge in [0.1, 0.15) is 5.60 Å². The van der Waals surface area contributed by atoms with Crippen molar-refractivity contribution in [2.45, 2.75) is 64.9 Å². The predicted molar refractivity (Wildman–Crippen MR) is 158 cm³/mol. The van der Waals surface area contributed by atoms with Crippen LogP contribution in [0.4, 0.5) is 4.79 Å². The van der Waals surface area contributed by atoms with Crippen molar-refractivity contribution in [2.75, 3.05) is 52.6 Å². The molecule has 1 N–H and O–H groups in total. The number of amides is 1. The van der Waals surface area contributed by atoms with E-state index in [1.807, 2.05) is 26.8 Å². The van der Waals surface area contributed by atoms with Crippen LogP contribution in [0.3, 0.4) is 0 Å². The van der Waals surface area contributed by atoms with Crippen molar-refractivity contribution in [3.05, 3.63) is 71.8 Å². The highest BCUT2D eigenvalue weighted by Crippen LogP contribution is 2.20. The van der Waals surface area contributed by atoms with Crippen LogP contribution in [0, 0.1) is 11.8 Å². The Balaban J connectivity index is 0.000000230. The van der Waals surface area contributed by atoms with Gasteiger partial charge >= 0.3 is 6.09 Å². The molecule has 0 spiro atoms. The largest absolute Gasteiger partial charge is 0.444 e. The van der Waals surface area contributed by atoms with E-state index in [0.29, 0.717) is 5.92 Å². The first-order chi connectivity index (χ1) is 18.9. The summed E-state index contributed by atoms with van der Waals surface area (Å²) in [7, 11) is 0. The predicted octanol–water partition coefficient (Wildman–Crippen LogP) is 6.14. The summed E-state index contributed by atoms with van der Waals surface area (Å²) in [6.07, 6.45) is 6.41. The number of hydrogen-bond donors (Lipinski definition) is 1. The maximum absolute atomic E-state index is 12.0. The number of hydrogen-bond acceptors (Lipinski definition) is 5. The third kappa shape index (κ3) is 13.5. The molecule has 6 heteroatoms. The number of aryl methyl sites for hydroxylation is 2. The van der Waals surface area contributed by atoms with Crippen LogP contribution in [0.1, 0.15) is 57.6 Å². The molecule has 2 aliphatic rings. The van der Waals surface area contributed by atoms with E-state index < -0.39 is 5.60 Å². The lowest BCUT2D eigenvalue weighted by Crippen LogP contribution is -2.35. The van der Waals surface area contributed by atoms with E-state index in [9.17, 15) is 4.79 Å². The van der Waals surface area contributed by atoms with Gasteiger partial charge in [-0.1, -0.05) is 60.7 Å². The molecule has 216 valence electrons. The number of carbonyl (C=O) groups excluding carboxylic acids is 1. The van der Waals surface area contributed by atoms with Crippen molar-refractivity contribution in [3.63, 3.8) is 0 Å². The van der Waals surface area contributed by atoms with Crippen LogP contribution in [0.2, 0.25) is 0 Å². The lowest BCUT2D eigenvalue weighted by Gasteiger charge is -2.24. The molecule has 2 atom stereocenters. The first-order valence-corrected chi connectivity index (χ1v) is 14.8. The summed E-state index contributed by atoms with van der Waals surface area (Å²) in [6.45, 7) is 12.8. The van der Waals surface area contributed by atoms with Gasteiger partial charge in [0.25, 0.3) is 0 Å². The molecule has 0 aromatic heterocycles. The molecule has 1 amide bonds. The van der Waals surface area contributed by atoms with E-state index in [2.05, 4.69) is 59.9 Å². The number of likely N-dealkylation sites (tertiary alicyclic amines) is 1. The fourth-order valence-corrected chi connectivity index (χ4v) is 4.86. The van der Waals surface area contributed by atoms with Crippen LogP contribution in [-0.4, -0.2) is 69.2 Å². The molecule has 2 fully saturated rings. The summed E-state index contributed by atoms with van der Waals surface area (Å²) < 4.78 is 16.9. The van der Waals surface area contributed by atoms with Crippen molar-refractivity contribution < 1.29 is 19.0 Å². The van der Waals surface area contributed by atoms with E-state index in [0.717, 1.165) is 90.6 Å². The van der Waals surface area contributed by atoms with Crippen molar-refractivity contribution in [1.29, 1.82) is 0 Å². The molecule has 39 heavy (non-hydrogen) atoms. The molecule has 0 unspecified atom stereocenters. The minimum atomic E-state index is -0.427. The SMILES string of the molecule is CC(C)(C)OC(=O)N1CC[C@@H](COCCCc2ccccc2)C1.c1ccc(CCCOC[C@@H]2CCNC2)cc1. The van der Waals surface area contributed by atoms with E-state index >= 15 is 0 Å². The Hall–Kier alpha value is -2.41. The van der Waals surface area contributed by atoms with E-state index in [4.69, 9.17) is 14.2 Å². The lowest BCUT2D eigenvalue weighted by atomic mass is 10.1. The number of benzene rings is 2. The Labute approximate surface area is 236 Å². The number of nitrogens with one attached hydrogen (secondary N) is 1. The summed E-state index contributed by atoms with van der Waals surface area (Å²) >= 11 is 0. The van der Waals surface area contributed by atoms with Gasteiger partial charge in [-0.3, -0.25) is 0 Å². The summed E-state index contributed by atoms with van der Waals surface area (Å²) in [5, 5.41) is 3.36. The minimum Gasteiger partial charge on any atom is -0.444 e. The molecule has 4 rings (SSSR count). The van der Waals surface area contributed by atoms with E-state index in [1.54, 1.807) is 4.90 Å². The van der Waals surface area contributed by atoms with Crippen LogP contribution < -0.4 is 5.32 Å². The normalized spacial score (nSPS) is 19.0. The van der Waals surface area contributed by atoms with Crippen molar-refractivity contribution in [2.24, 2.45) is 11.8 Å². The summed E-state index contributed by atoms with van der Waals surface area (Å²) in [6, 6.07) is 21.1. The molecule has 2 aliphatic heterocycles. The molecule has 0 bridgehead atoms. The molecule has 6 nitrogen and oxygen atoms in total. The third-order valence-electron chi connectivity index (χ3n) is 7.00. The Kier molecular flexibility index (Phi) is 13.8. The second-order valence-electron chi connectivity index (χ2n) is 11.8. The highest BCUT2D eigenvalue weighted by Gasteiger charge is 2.29. The van der Waals surface area contributed by atoms with Gasteiger partial charge in [-0.25, -0.2) is 4.79 Å². The summed E-state index contributed by atoms with van der Waals surface area (Å²) in [5.41, 5.74) is 2.34. The van der Waals surface area contributed by atoms with Crippen molar-refractivity contribution in [1.82, 2.24) is 10.2 Å². The van der Waals surface area contributed by atoms with Gasteiger partial charge < -0.3 is 24.4 Å². The Morgan fingerprint density at radius 3 is 1.92 bits per heavy atom. The zero-order valence-corrected chi connectivity index (χ0v) is 24.4. The first-order valence-electron chi connectivity index (χ1n) is 14.8. The van der Waals surface area contributed by atoms with E-state index in [-0.39, 0.29) is 6.09 Å². The molecular weight excluding hydrogens is 488 g/mol. The quantitative estimate of drug-likeness (QED) is 0.329. The van der Waals surface area contributed by atoms with Gasteiger partial charge in [0.05, 0.1) is 13.2 Å². The van der Waals surface area contributed by atoms with Crippen LogP contribution in [0.25, 0.3) is 0 Å². The van der Waals surface area contributed by atoms with Gasteiger partial charge in [-0.05, 0) is 82.9 Å². The molecule has 2 saturated heterocycles.